The van der Waals surface area contributed by atoms with Crippen molar-refractivity contribution in [1.29, 1.82) is 0 Å². The Morgan fingerprint density at radius 2 is 1.35 bits per heavy atom. The minimum atomic E-state index is -2.97. The van der Waals surface area contributed by atoms with Gasteiger partial charge in [-0.1, -0.05) is 74.8 Å². The van der Waals surface area contributed by atoms with E-state index in [-0.39, 0.29) is 6.42 Å². The molecule has 0 aromatic heterocycles. The van der Waals surface area contributed by atoms with E-state index < -0.39 is 19.4 Å². The standard InChI is InChI=1S/C24H40O2/c1-3-5-6-7-8-9-10-11-12-13-14-15-16-17-18-19-20-21-22-23-24(25)26-4-2/h8-9,11-12,14-15,17-18H,3-7,10,13,16,19-23H2,1-2H3/b9-8-,12-11-,15-14-,18-17-/i2D3,4D2. The molecule has 148 valence electrons. The number of ether oxygens (including phenoxy) is 1. The summed E-state index contributed by atoms with van der Waals surface area (Å²) < 4.78 is 40.0. The Hall–Kier alpha value is -1.57. The average Bonchev–Trinajstić information content (AvgIpc) is 2.68. The highest BCUT2D eigenvalue weighted by molar-refractivity contribution is 5.69. The van der Waals surface area contributed by atoms with Gasteiger partial charge in [0, 0.05) is 10.5 Å². The zero-order chi connectivity index (χ0) is 23.4. The normalized spacial score (nSPS) is 16.1. The maximum atomic E-state index is 11.5. The molecular weight excluding hydrogens is 320 g/mol. The van der Waals surface area contributed by atoms with E-state index in [0.717, 1.165) is 38.5 Å². The van der Waals surface area contributed by atoms with Crippen molar-refractivity contribution in [3.63, 3.8) is 0 Å². The first-order valence-corrected chi connectivity index (χ1v) is 10.0. The van der Waals surface area contributed by atoms with Crippen LogP contribution < -0.4 is 0 Å². The van der Waals surface area contributed by atoms with Crippen LogP contribution in [0, 0.1) is 0 Å². The van der Waals surface area contributed by atoms with Crippen LogP contribution in [0.4, 0.5) is 0 Å². The lowest BCUT2D eigenvalue weighted by Gasteiger charge is -2.00. The smallest absolute Gasteiger partial charge is 0.305 e. The Morgan fingerprint density at radius 1 is 0.808 bits per heavy atom. The van der Waals surface area contributed by atoms with Crippen molar-refractivity contribution < 1.29 is 16.4 Å². The number of rotatable bonds is 17. The number of allylic oxidation sites excluding steroid dienone is 8. The minimum absolute atomic E-state index is 0.0320. The quantitative estimate of drug-likeness (QED) is 0.152. The summed E-state index contributed by atoms with van der Waals surface area (Å²) >= 11 is 0. The topological polar surface area (TPSA) is 26.3 Å². The second kappa shape index (κ2) is 21.5. The molecule has 0 aromatic rings. The van der Waals surface area contributed by atoms with Crippen LogP contribution in [0.25, 0.3) is 0 Å². The van der Waals surface area contributed by atoms with Crippen LogP contribution in [0.5, 0.6) is 0 Å². The molecule has 0 bridgehead atoms. The minimum Gasteiger partial charge on any atom is -0.466 e. The van der Waals surface area contributed by atoms with Crippen molar-refractivity contribution in [3.05, 3.63) is 48.6 Å². The zero-order valence-corrected chi connectivity index (χ0v) is 16.4. The third-order valence-corrected chi connectivity index (χ3v) is 3.87. The van der Waals surface area contributed by atoms with Crippen molar-refractivity contribution in [1.82, 2.24) is 0 Å². The van der Waals surface area contributed by atoms with Gasteiger partial charge in [0.25, 0.3) is 0 Å². The van der Waals surface area contributed by atoms with Crippen molar-refractivity contribution in [2.45, 2.75) is 90.8 Å². The number of hydrogen-bond donors (Lipinski definition) is 0. The van der Waals surface area contributed by atoms with Crippen LogP contribution in [-0.4, -0.2) is 12.5 Å². The molecule has 0 aliphatic rings. The van der Waals surface area contributed by atoms with Gasteiger partial charge in [-0.15, -0.1) is 0 Å². The number of unbranched alkanes of at least 4 members (excludes halogenated alkanes) is 6. The molecule has 2 heteroatoms. The molecule has 2 nitrogen and oxygen atoms in total. The van der Waals surface area contributed by atoms with Crippen LogP contribution in [0.3, 0.4) is 0 Å². The fourth-order valence-corrected chi connectivity index (χ4v) is 2.38. The lowest BCUT2D eigenvalue weighted by Crippen LogP contribution is -2.02. The van der Waals surface area contributed by atoms with E-state index in [1.54, 1.807) is 0 Å². The van der Waals surface area contributed by atoms with Crippen molar-refractivity contribution in [2.75, 3.05) is 6.56 Å². The largest absolute Gasteiger partial charge is 0.466 e. The third kappa shape index (κ3) is 20.5. The van der Waals surface area contributed by atoms with Crippen LogP contribution >= 0.6 is 0 Å². The molecule has 0 saturated heterocycles. The summed E-state index contributed by atoms with van der Waals surface area (Å²) in [5.41, 5.74) is 0. The molecule has 0 radical (unpaired) electrons. The fourth-order valence-electron chi connectivity index (χ4n) is 2.38. The van der Waals surface area contributed by atoms with Gasteiger partial charge in [-0.3, -0.25) is 4.79 Å². The SMILES string of the molecule is [2H]C([2H])([2H])C([2H])([2H])OC(=O)CCCCC/C=C\C/C=C\C/C=C\C/C=C\CCCCC. The van der Waals surface area contributed by atoms with Gasteiger partial charge < -0.3 is 4.74 Å². The predicted octanol–water partition coefficient (Wildman–Crippen LogP) is 7.48. The first-order chi connectivity index (χ1) is 14.7. The molecule has 0 heterocycles. The summed E-state index contributed by atoms with van der Waals surface area (Å²) in [7, 11) is 0. The Balaban J connectivity index is 3.63. The molecule has 0 saturated carbocycles. The van der Waals surface area contributed by atoms with Gasteiger partial charge in [0.05, 0.1) is 9.30 Å². The first-order valence-electron chi connectivity index (χ1n) is 12.5. The van der Waals surface area contributed by atoms with Crippen molar-refractivity contribution >= 4 is 5.97 Å². The summed E-state index contributed by atoms with van der Waals surface area (Å²) in [5, 5.41) is 0. The highest BCUT2D eigenvalue weighted by atomic mass is 16.5. The molecule has 0 aliphatic carbocycles. The van der Waals surface area contributed by atoms with Gasteiger partial charge in [0.15, 0.2) is 0 Å². The summed E-state index contributed by atoms with van der Waals surface area (Å²) in [6, 6.07) is 0. The predicted molar refractivity (Wildman–Crippen MR) is 114 cm³/mol. The van der Waals surface area contributed by atoms with Gasteiger partial charge in [0.2, 0.25) is 0 Å². The molecular formula is C24H40O2. The summed E-state index contributed by atoms with van der Waals surface area (Å²) in [4.78, 5) is 11.5. The Kier molecular flexibility index (Phi) is 13.7. The molecule has 0 aliphatic heterocycles. The molecule has 0 spiro atoms. The fraction of sp³-hybridized carbons (Fsp3) is 0.625. The van der Waals surface area contributed by atoms with Crippen molar-refractivity contribution in [3.8, 4) is 0 Å². The number of esters is 1. The molecule has 0 unspecified atom stereocenters. The molecule has 0 aromatic carbocycles. The second-order valence-corrected chi connectivity index (χ2v) is 6.26. The van der Waals surface area contributed by atoms with Crippen molar-refractivity contribution in [2.24, 2.45) is 0 Å². The van der Waals surface area contributed by atoms with E-state index in [9.17, 15) is 4.79 Å². The van der Waals surface area contributed by atoms with E-state index in [2.05, 4.69) is 60.3 Å². The zero-order valence-electron chi connectivity index (χ0n) is 21.4. The van der Waals surface area contributed by atoms with Gasteiger partial charge >= 0.3 is 5.97 Å². The second-order valence-electron chi connectivity index (χ2n) is 6.26. The highest BCUT2D eigenvalue weighted by Crippen LogP contribution is 2.05. The maximum Gasteiger partial charge on any atom is 0.305 e. The van der Waals surface area contributed by atoms with E-state index in [1.807, 2.05) is 0 Å². The molecule has 26 heavy (non-hydrogen) atoms. The lowest BCUT2D eigenvalue weighted by atomic mass is 10.1. The molecule has 0 amide bonds. The molecule has 0 atom stereocenters. The monoisotopic (exact) mass is 365 g/mol. The number of hydrogen-bond acceptors (Lipinski definition) is 2. The average molecular weight is 366 g/mol. The Bertz CT molecular complexity index is 575. The third-order valence-electron chi connectivity index (χ3n) is 3.87. The van der Waals surface area contributed by atoms with Gasteiger partial charge in [-0.2, -0.15) is 0 Å². The summed E-state index contributed by atoms with van der Waals surface area (Å²) in [6.45, 7) is -3.68. The molecule has 0 N–H and O–H groups in total. The maximum absolute atomic E-state index is 11.5. The lowest BCUT2D eigenvalue weighted by molar-refractivity contribution is -0.143. The molecule has 0 fully saturated rings. The van der Waals surface area contributed by atoms with Gasteiger partial charge in [-0.05, 0) is 58.2 Å². The van der Waals surface area contributed by atoms with E-state index in [0.29, 0.717) is 6.42 Å². The van der Waals surface area contributed by atoms with E-state index in [1.165, 1.54) is 25.7 Å². The highest BCUT2D eigenvalue weighted by Gasteiger charge is 1.99. The Morgan fingerprint density at radius 3 is 1.88 bits per heavy atom. The van der Waals surface area contributed by atoms with E-state index >= 15 is 0 Å². The van der Waals surface area contributed by atoms with Gasteiger partial charge in [0.1, 0.15) is 0 Å². The van der Waals surface area contributed by atoms with E-state index in [4.69, 9.17) is 6.85 Å². The number of carbonyl (C=O) groups excluding carboxylic acids is 1. The van der Waals surface area contributed by atoms with Crippen LogP contribution in [-0.2, 0) is 9.53 Å². The van der Waals surface area contributed by atoms with Crippen LogP contribution in [0.2, 0.25) is 0 Å². The summed E-state index contributed by atoms with van der Waals surface area (Å²) in [6.07, 6.45) is 28.6. The number of carbonyl (C=O) groups is 1. The summed E-state index contributed by atoms with van der Waals surface area (Å²) in [5.74, 6) is -0.807. The Labute approximate surface area is 169 Å². The molecule has 0 rings (SSSR count). The van der Waals surface area contributed by atoms with Crippen LogP contribution in [0.15, 0.2) is 48.6 Å². The van der Waals surface area contributed by atoms with Gasteiger partial charge in [-0.25, -0.2) is 0 Å². The van der Waals surface area contributed by atoms with Crippen LogP contribution in [0.1, 0.15) is 97.7 Å². The first kappa shape index (κ1) is 16.6.